The van der Waals surface area contributed by atoms with Crippen LogP contribution in [-0.2, 0) is 4.79 Å². The first kappa shape index (κ1) is 15.5. The molecule has 2 saturated carbocycles. The molecule has 2 aliphatic carbocycles. The lowest BCUT2D eigenvalue weighted by Gasteiger charge is -2.27. The topological polar surface area (TPSA) is 49.3 Å². The molecule has 3 atom stereocenters. The zero-order valence-corrected chi connectivity index (χ0v) is 13.2. The summed E-state index contributed by atoms with van der Waals surface area (Å²) in [5.74, 6) is 0.880. The Bertz CT molecular complexity index is 483. The highest BCUT2D eigenvalue weighted by molar-refractivity contribution is 5.84. The van der Waals surface area contributed by atoms with Crippen molar-refractivity contribution in [3.63, 3.8) is 0 Å². The maximum Gasteiger partial charge on any atom is 0.228 e. The van der Waals surface area contributed by atoms with Crippen molar-refractivity contribution < 1.29 is 9.90 Å². The summed E-state index contributed by atoms with van der Waals surface area (Å²) < 4.78 is 0. The predicted molar refractivity (Wildman–Crippen MR) is 87.5 cm³/mol. The number of rotatable bonds is 5. The van der Waals surface area contributed by atoms with Gasteiger partial charge in [-0.25, -0.2) is 0 Å². The Labute approximate surface area is 133 Å². The zero-order chi connectivity index (χ0) is 15.4. The third-order valence-electron chi connectivity index (χ3n) is 5.26. The molecule has 0 bridgehead atoms. The average molecular weight is 301 g/mol. The highest BCUT2D eigenvalue weighted by Gasteiger charge is 2.38. The van der Waals surface area contributed by atoms with E-state index in [1.54, 1.807) is 0 Å². The van der Waals surface area contributed by atoms with Gasteiger partial charge in [0, 0.05) is 18.6 Å². The Kier molecular flexibility index (Phi) is 5.14. The van der Waals surface area contributed by atoms with Crippen LogP contribution in [0, 0.1) is 11.8 Å². The number of amides is 1. The summed E-state index contributed by atoms with van der Waals surface area (Å²) in [4.78, 5) is 12.9. The van der Waals surface area contributed by atoms with Crippen LogP contribution in [0.3, 0.4) is 0 Å². The van der Waals surface area contributed by atoms with Crippen molar-refractivity contribution in [2.24, 2.45) is 11.8 Å². The van der Waals surface area contributed by atoms with Crippen molar-refractivity contribution in [2.45, 2.75) is 56.9 Å². The lowest BCUT2D eigenvalue weighted by Crippen LogP contribution is -2.43. The van der Waals surface area contributed by atoms with Crippen molar-refractivity contribution in [1.29, 1.82) is 0 Å². The Balaban J connectivity index is 1.70. The van der Waals surface area contributed by atoms with Crippen LogP contribution < -0.4 is 5.32 Å². The van der Waals surface area contributed by atoms with Gasteiger partial charge in [-0.15, -0.1) is 0 Å². The van der Waals surface area contributed by atoms with Gasteiger partial charge < -0.3 is 10.4 Å². The van der Waals surface area contributed by atoms with E-state index < -0.39 is 0 Å². The fourth-order valence-electron chi connectivity index (χ4n) is 3.79. The number of nitrogens with one attached hydrogen (secondary N) is 1. The van der Waals surface area contributed by atoms with Crippen molar-refractivity contribution >= 4 is 5.91 Å². The van der Waals surface area contributed by atoms with Gasteiger partial charge in [-0.05, 0) is 37.2 Å². The minimum Gasteiger partial charge on any atom is -0.396 e. The third kappa shape index (κ3) is 3.70. The molecule has 0 radical (unpaired) electrons. The second-order valence-electron chi connectivity index (χ2n) is 6.92. The standard InChI is InChI=1S/C19H27NO2/c21-13-16-9-5-2-6-10-17(16)20-19(22)18(15-11-12-15)14-7-3-1-4-8-14/h1,3-4,7-8,15-18,21H,2,5-6,9-13H2,(H,20,22). The van der Waals surface area contributed by atoms with E-state index in [1.807, 2.05) is 18.2 Å². The first-order valence-electron chi connectivity index (χ1n) is 8.75. The number of carbonyl (C=O) groups is 1. The summed E-state index contributed by atoms with van der Waals surface area (Å²) >= 11 is 0. The fourth-order valence-corrected chi connectivity index (χ4v) is 3.79. The molecule has 3 unspecified atom stereocenters. The maximum atomic E-state index is 12.9. The zero-order valence-electron chi connectivity index (χ0n) is 13.2. The summed E-state index contributed by atoms with van der Waals surface area (Å²) in [5, 5.41) is 12.9. The molecule has 1 aromatic carbocycles. The van der Waals surface area contributed by atoms with E-state index in [1.165, 1.54) is 12.8 Å². The van der Waals surface area contributed by atoms with Crippen LogP contribution >= 0.6 is 0 Å². The second-order valence-corrected chi connectivity index (χ2v) is 6.92. The molecule has 3 rings (SSSR count). The minimum atomic E-state index is -0.0104. The molecule has 2 N–H and O–H groups in total. The first-order chi connectivity index (χ1) is 10.8. The molecular formula is C19H27NO2. The Morgan fingerprint density at radius 3 is 2.50 bits per heavy atom. The van der Waals surface area contributed by atoms with Crippen LogP contribution in [0.2, 0.25) is 0 Å². The Morgan fingerprint density at radius 2 is 1.82 bits per heavy atom. The fraction of sp³-hybridized carbons (Fsp3) is 0.632. The van der Waals surface area contributed by atoms with Gasteiger partial charge in [-0.2, -0.15) is 0 Å². The number of benzene rings is 1. The molecule has 2 aliphatic rings. The van der Waals surface area contributed by atoms with Crippen LogP contribution in [0.15, 0.2) is 30.3 Å². The summed E-state index contributed by atoms with van der Waals surface area (Å²) in [5.41, 5.74) is 1.14. The highest BCUT2D eigenvalue weighted by atomic mass is 16.3. The van der Waals surface area contributed by atoms with Crippen molar-refractivity contribution in [1.82, 2.24) is 5.32 Å². The van der Waals surface area contributed by atoms with Gasteiger partial charge >= 0.3 is 0 Å². The lowest BCUT2D eigenvalue weighted by molar-refractivity contribution is -0.124. The molecule has 1 amide bonds. The van der Waals surface area contributed by atoms with E-state index in [2.05, 4.69) is 17.4 Å². The van der Waals surface area contributed by atoms with E-state index in [-0.39, 0.29) is 30.4 Å². The molecule has 22 heavy (non-hydrogen) atoms. The van der Waals surface area contributed by atoms with E-state index in [0.717, 1.165) is 37.7 Å². The minimum absolute atomic E-state index is 0.0104. The lowest BCUT2D eigenvalue weighted by atomic mass is 9.90. The number of aliphatic hydroxyl groups is 1. The molecule has 0 aromatic heterocycles. The normalized spacial score (nSPS) is 27.0. The molecular weight excluding hydrogens is 274 g/mol. The summed E-state index contributed by atoms with van der Waals surface area (Å²) in [6.07, 6.45) is 7.88. The highest BCUT2D eigenvalue weighted by Crippen LogP contribution is 2.43. The summed E-state index contributed by atoms with van der Waals surface area (Å²) in [6, 6.07) is 10.3. The van der Waals surface area contributed by atoms with Crippen molar-refractivity contribution in [3.05, 3.63) is 35.9 Å². The van der Waals surface area contributed by atoms with Crippen LogP contribution in [0.4, 0.5) is 0 Å². The van der Waals surface area contributed by atoms with E-state index in [0.29, 0.717) is 5.92 Å². The monoisotopic (exact) mass is 301 g/mol. The van der Waals surface area contributed by atoms with E-state index >= 15 is 0 Å². The van der Waals surface area contributed by atoms with Gasteiger partial charge in [0.1, 0.15) is 0 Å². The van der Waals surface area contributed by atoms with Gasteiger partial charge in [0.05, 0.1) is 5.92 Å². The van der Waals surface area contributed by atoms with Crippen LogP contribution in [0.1, 0.15) is 56.4 Å². The first-order valence-corrected chi connectivity index (χ1v) is 8.75. The van der Waals surface area contributed by atoms with Crippen LogP contribution in [-0.4, -0.2) is 23.7 Å². The number of aliphatic hydroxyl groups excluding tert-OH is 1. The number of hydrogen-bond donors (Lipinski definition) is 2. The Morgan fingerprint density at radius 1 is 1.09 bits per heavy atom. The second kappa shape index (κ2) is 7.28. The number of hydrogen-bond acceptors (Lipinski definition) is 2. The largest absolute Gasteiger partial charge is 0.396 e. The van der Waals surface area contributed by atoms with Crippen molar-refractivity contribution in [2.75, 3.05) is 6.61 Å². The van der Waals surface area contributed by atoms with Gasteiger partial charge in [-0.3, -0.25) is 4.79 Å². The summed E-state index contributed by atoms with van der Waals surface area (Å²) in [7, 11) is 0. The molecule has 0 aliphatic heterocycles. The van der Waals surface area contributed by atoms with Gasteiger partial charge in [-0.1, -0.05) is 49.6 Å². The molecule has 2 fully saturated rings. The van der Waals surface area contributed by atoms with Crippen LogP contribution in [0.5, 0.6) is 0 Å². The Hall–Kier alpha value is -1.35. The molecule has 3 heteroatoms. The molecule has 3 nitrogen and oxygen atoms in total. The predicted octanol–water partition coefficient (Wildman–Crippen LogP) is 3.24. The van der Waals surface area contributed by atoms with Gasteiger partial charge in [0.25, 0.3) is 0 Å². The average Bonchev–Trinajstić information content (AvgIpc) is 3.36. The van der Waals surface area contributed by atoms with E-state index in [4.69, 9.17) is 0 Å². The molecule has 0 spiro atoms. The molecule has 1 aromatic rings. The van der Waals surface area contributed by atoms with Gasteiger partial charge in [0.15, 0.2) is 0 Å². The quantitative estimate of drug-likeness (QED) is 0.820. The third-order valence-corrected chi connectivity index (χ3v) is 5.26. The van der Waals surface area contributed by atoms with E-state index in [9.17, 15) is 9.90 Å². The molecule has 120 valence electrons. The van der Waals surface area contributed by atoms with Crippen LogP contribution in [0.25, 0.3) is 0 Å². The van der Waals surface area contributed by atoms with Crippen molar-refractivity contribution in [3.8, 4) is 0 Å². The number of carbonyl (C=O) groups excluding carboxylic acids is 1. The SMILES string of the molecule is O=C(NC1CCCCCC1CO)C(c1ccccc1)C1CC1. The maximum absolute atomic E-state index is 12.9. The summed E-state index contributed by atoms with van der Waals surface area (Å²) in [6.45, 7) is 0.185. The molecule has 0 heterocycles. The molecule has 0 saturated heterocycles. The van der Waals surface area contributed by atoms with Gasteiger partial charge in [0.2, 0.25) is 5.91 Å². The smallest absolute Gasteiger partial charge is 0.228 e.